The number of hydrogen-bond donors (Lipinski definition) is 1. The summed E-state index contributed by atoms with van der Waals surface area (Å²) in [6.07, 6.45) is -2.20. The first-order chi connectivity index (χ1) is 18.3. The second-order valence-electron chi connectivity index (χ2n) is 8.32. The molecule has 0 aliphatic heterocycles. The monoisotopic (exact) mass is 560 g/mol. The molecule has 8 nitrogen and oxygen atoms in total. The van der Waals surface area contributed by atoms with Crippen LogP contribution in [0.1, 0.15) is 35.7 Å². The first-order valence-electron chi connectivity index (χ1n) is 11.5. The number of hydrogen-bond acceptors (Lipinski definition) is 6. The second-order valence-corrected chi connectivity index (χ2v) is 8.32. The van der Waals surface area contributed by atoms with Gasteiger partial charge in [-0.15, -0.1) is 0 Å². The lowest BCUT2D eigenvalue weighted by Crippen LogP contribution is -2.44. The number of benzene rings is 1. The van der Waals surface area contributed by atoms with E-state index >= 15 is 0 Å². The Labute approximate surface area is 218 Å². The molecular formula is C24H23F7N6O2. The van der Waals surface area contributed by atoms with Gasteiger partial charge in [-0.3, -0.25) is 9.79 Å². The molecule has 1 heterocycles. The summed E-state index contributed by atoms with van der Waals surface area (Å²) >= 11 is 0. The van der Waals surface area contributed by atoms with E-state index in [-0.39, 0.29) is 28.6 Å². The zero-order valence-electron chi connectivity index (χ0n) is 20.9. The van der Waals surface area contributed by atoms with Gasteiger partial charge in [0.25, 0.3) is 5.91 Å². The minimum Gasteiger partial charge on any atom is -0.429 e. The summed E-state index contributed by atoms with van der Waals surface area (Å²) in [5, 5.41) is 15.0. The maximum absolute atomic E-state index is 14.2. The van der Waals surface area contributed by atoms with Crippen molar-refractivity contribution in [3.8, 4) is 17.2 Å². The molecule has 1 N–H and O–H groups in total. The summed E-state index contributed by atoms with van der Waals surface area (Å²) in [4.78, 5) is 18.3. The number of rotatable bonds is 9. The van der Waals surface area contributed by atoms with Crippen LogP contribution < -0.4 is 5.32 Å². The standard InChI is InChI=1S/C24H23F7N6O2/c1-4-36(16-7-8-16)21(38)17-9-13(5-6-14(17)10-32)15-11-35-37(12-15)20(34-3)18(39-22(25)26)19(33-2)23(27,28)24(29,30)31/h5-6,9,11-12,16,22,33H,4,7-8H2,1-3H3. The van der Waals surface area contributed by atoms with Gasteiger partial charge in [0.05, 0.1) is 23.4 Å². The lowest BCUT2D eigenvalue weighted by molar-refractivity contribution is -0.267. The summed E-state index contributed by atoms with van der Waals surface area (Å²) < 4.78 is 98.7. The Hall–Kier alpha value is -4.09. The van der Waals surface area contributed by atoms with Crippen LogP contribution in [0, 0.1) is 11.3 Å². The van der Waals surface area contributed by atoms with Crippen molar-refractivity contribution in [2.45, 2.75) is 44.5 Å². The van der Waals surface area contributed by atoms with Crippen molar-refractivity contribution in [3.63, 3.8) is 0 Å². The first-order valence-corrected chi connectivity index (χ1v) is 11.5. The number of carbonyl (C=O) groups is 1. The molecule has 1 saturated carbocycles. The Morgan fingerprint density at radius 1 is 1.28 bits per heavy atom. The van der Waals surface area contributed by atoms with E-state index in [9.17, 15) is 40.8 Å². The van der Waals surface area contributed by atoms with Gasteiger partial charge in [-0.25, -0.2) is 4.68 Å². The molecule has 1 amide bonds. The zero-order valence-corrected chi connectivity index (χ0v) is 20.9. The van der Waals surface area contributed by atoms with Crippen molar-refractivity contribution >= 4 is 11.7 Å². The number of nitrogens with one attached hydrogen (secondary N) is 1. The van der Waals surface area contributed by atoms with Crippen LogP contribution in [-0.4, -0.2) is 71.8 Å². The van der Waals surface area contributed by atoms with Gasteiger partial charge < -0.3 is 15.0 Å². The second kappa shape index (κ2) is 11.3. The fourth-order valence-corrected chi connectivity index (χ4v) is 3.87. The van der Waals surface area contributed by atoms with E-state index in [4.69, 9.17) is 0 Å². The number of carbonyl (C=O) groups excluding carboxylic acids is 1. The quantitative estimate of drug-likeness (QED) is 0.206. The first kappa shape index (κ1) is 29.5. The van der Waals surface area contributed by atoms with Crippen molar-refractivity contribution in [3.05, 3.63) is 53.2 Å². The minimum atomic E-state index is -6.14. The molecule has 0 saturated heterocycles. The molecule has 15 heteroatoms. The average Bonchev–Trinajstić information content (AvgIpc) is 3.59. The van der Waals surface area contributed by atoms with E-state index < -0.39 is 36.0 Å². The summed E-state index contributed by atoms with van der Waals surface area (Å²) in [6.45, 7) is -1.56. The molecule has 1 aromatic heterocycles. The average molecular weight is 560 g/mol. The fourth-order valence-electron chi connectivity index (χ4n) is 3.87. The number of nitriles is 1. The molecule has 39 heavy (non-hydrogen) atoms. The topological polar surface area (TPSA) is 95.5 Å². The van der Waals surface area contributed by atoms with E-state index in [1.807, 2.05) is 6.07 Å². The predicted molar refractivity (Wildman–Crippen MR) is 125 cm³/mol. The largest absolute Gasteiger partial charge is 0.459 e. The van der Waals surface area contributed by atoms with Gasteiger partial charge in [0, 0.05) is 38.4 Å². The molecule has 210 valence electrons. The number of aliphatic imine (C=N–C) groups is 1. The molecule has 0 spiro atoms. The fraction of sp³-hybridized carbons (Fsp3) is 0.417. The normalized spacial score (nSPS) is 15.1. The van der Waals surface area contributed by atoms with E-state index in [0.29, 0.717) is 23.8 Å². The SMILES string of the molecule is CCN(C(=O)c1cc(-c2cnn(C(=NC)C(OC(F)F)=C(NC)C(F)(F)C(F)(F)F)c2)ccc1C#N)C1CC1. The van der Waals surface area contributed by atoms with Gasteiger partial charge in [-0.1, -0.05) is 6.07 Å². The van der Waals surface area contributed by atoms with Gasteiger partial charge in [0.15, 0.2) is 11.6 Å². The highest BCUT2D eigenvalue weighted by Crippen LogP contribution is 2.41. The molecule has 1 fully saturated rings. The molecular weight excluding hydrogens is 537 g/mol. The third-order valence-electron chi connectivity index (χ3n) is 5.86. The van der Waals surface area contributed by atoms with Gasteiger partial charge in [-0.05, 0) is 37.5 Å². The predicted octanol–water partition coefficient (Wildman–Crippen LogP) is 4.79. The molecule has 2 aromatic rings. The zero-order chi connectivity index (χ0) is 29.1. The molecule has 1 aliphatic rings. The van der Waals surface area contributed by atoms with Crippen molar-refractivity contribution in [2.75, 3.05) is 20.6 Å². The van der Waals surface area contributed by atoms with E-state index in [0.717, 1.165) is 32.3 Å². The maximum atomic E-state index is 14.2. The van der Waals surface area contributed by atoms with Crippen LogP contribution in [0.4, 0.5) is 30.7 Å². The van der Waals surface area contributed by atoms with Gasteiger partial charge in [0.2, 0.25) is 0 Å². The highest BCUT2D eigenvalue weighted by atomic mass is 19.4. The Balaban J connectivity index is 2.09. The number of ether oxygens (including phenoxy) is 1. The van der Waals surface area contributed by atoms with Crippen LogP contribution in [0.5, 0.6) is 0 Å². The number of halogens is 7. The highest BCUT2D eigenvalue weighted by Gasteiger charge is 2.62. The van der Waals surface area contributed by atoms with Crippen molar-refractivity contribution in [2.24, 2.45) is 4.99 Å². The minimum absolute atomic E-state index is 0.0695. The summed E-state index contributed by atoms with van der Waals surface area (Å²) in [5.74, 6) is -8.44. The van der Waals surface area contributed by atoms with E-state index in [2.05, 4.69) is 14.8 Å². The Bertz CT molecular complexity index is 1320. The van der Waals surface area contributed by atoms with E-state index in [1.54, 1.807) is 17.1 Å². The Morgan fingerprint density at radius 2 is 1.95 bits per heavy atom. The van der Waals surface area contributed by atoms with Gasteiger partial charge in [-0.2, -0.15) is 41.1 Å². The lowest BCUT2D eigenvalue weighted by atomic mass is 10.0. The highest BCUT2D eigenvalue weighted by molar-refractivity contribution is 6.00. The van der Waals surface area contributed by atoms with Crippen LogP contribution in [0.15, 0.2) is 47.0 Å². The number of aromatic nitrogens is 2. The number of alkyl halides is 7. The van der Waals surface area contributed by atoms with Gasteiger partial charge >= 0.3 is 18.7 Å². The molecule has 1 aliphatic carbocycles. The smallest absolute Gasteiger partial charge is 0.429 e. The third-order valence-corrected chi connectivity index (χ3v) is 5.86. The molecule has 0 unspecified atom stereocenters. The van der Waals surface area contributed by atoms with Crippen LogP contribution >= 0.6 is 0 Å². The van der Waals surface area contributed by atoms with Crippen LogP contribution in [-0.2, 0) is 4.74 Å². The number of allylic oxidation sites excluding steroid dienone is 2. The summed E-state index contributed by atoms with van der Waals surface area (Å²) in [5.41, 5.74) is -1.24. The number of amides is 1. The lowest BCUT2D eigenvalue weighted by Gasteiger charge is -2.25. The summed E-state index contributed by atoms with van der Waals surface area (Å²) in [6, 6.07) is 6.30. The maximum Gasteiger partial charge on any atom is 0.459 e. The Kier molecular flexibility index (Phi) is 8.57. The van der Waals surface area contributed by atoms with Crippen molar-refractivity contribution in [1.82, 2.24) is 20.0 Å². The van der Waals surface area contributed by atoms with E-state index in [1.165, 1.54) is 18.2 Å². The van der Waals surface area contributed by atoms with Crippen LogP contribution in [0.25, 0.3) is 11.1 Å². The number of nitrogens with zero attached hydrogens (tertiary/aromatic N) is 5. The molecule has 0 bridgehead atoms. The molecule has 0 radical (unpaired) electrons. The molecule has 3 rings (SSSR count). The van der Waals surface area contributed by atoms with Gasteiger partial charge in [0.1, 0.15) is 5.70 Å². The molecule has 1 aromatic carbocycles. The third kappa shape index (κ3) is 5.99. The van der Waals surface area contributed by atoms with Crippen molar-refractivity contribution in [1.29, 1.82) is 5.26 Å². The van der Waals surface area contributed by atoms with Crippen LogP contribution in [0.3, 0.4) is 0 Å². The Morgan fingerprint density at radius 3 is 2.44 bits per heavy atom. The summed E-state index contributed by atoms with van der Waals surface area (Å²) in [7, 11) is 1.64. The molecule has 0 atom stereocenters. The van der Waals surface area contributed by atoms with Crippen LogP contribution in [0.2, 0.25) is 0 Å². The van der Waals surface area contributed by atoms with Crippen molar-refractivity contribution < 1.29 is 40.3 Å².